The number of halogens is 1. The van der Waals surface area contributed by atoms with E-state index in [2.05, 4.69) is 10.3 Å². The van der Waals surface area contributed by atoms with Crippen molar-refractivity contribution in [2.75, 3.05) is 19.0 Å². The Balaban J connectivity index is 1.99. The Morgan fingerprint density at radius 1 is 1.48 bits per heavy atom. The number of nitrogens with one attached hydrogen (secondary N) is 1. The van der Waals surface area contributed by atoms with Crippen LogP contribution in [0.3, 0.4) is 0 Å². The van der Waals surface area contributed by atoms with Gasteiger partial charge < -0.3 is 14.8 Å². The van der Waals surface area contributed by atoms with Gasteiger partial charge in [0.15, 0.2) is 3.61 Å². The number of esters is 1. The average Bonchev–Trinajstić information content (AvgIpc) is 3.06. The van der Waals surface area contributed by atoms with Crippen molar-refractivity contribution in [1.82, 2.24) is 9.88 Å². The normalized spacial score (nSPS) is 24.9. The molecule has 2 amide bonds. The number of hydrogen-bond donors (Lipinski definition) is 1. The molecule has 1 N–H and O–H groups in total. The molecule has 1 saturated heterocycles. The molecule has 1 fully saturated rings. The van der Waals surface area contributed by atoms with Crippen LogP contribution in [0.5, 0.6) is 0 Å². The summed E-state index contributed by atoms with van der Waals surface area (Å²) in [7, 11) is 1.25. The predicted octanol–water partition coefficient (Wildman–Crippen LogP) is 1.83. The molecule has 0 unspecified atom stereocenters. The Morgan fingerprint density at radius 3 is 2.84 bits per heavy atom. The van der Waals surface area contributed by atoms with E-state index in [1.165, 1.54) is 12.0 Å². The smallest absolute Gasteiger partial charge is 0.411 e. The first-order valence-corrected chi connectivity index (χ1v) is 8.79. The van der Waals surface area contributed by atoms with E-state index in [1.54, 1.807) is 32.2 Å². The van der Waals surface area contributed by atoms with Crippen LogP contribution in [0.1, 0.15) is 25.8 Å². The summed E-state index contributed by atoms with van der Waals surface area (Å²) >= 11 is 1.98. The fourth-order valence-electron chi connectivity index (χ4n) is 3.31. The fourth-order valence-corrected chi connectivity index (χ4v) is 3.50. The zero-order valence-corrected chi connectivity index (χ0v) is 16.2. The van der Waals surface area contributed by atoms with Crippen molar-refractivity contribution in [3.63, 3.8) is 0 Å². The van der Waals surface area contributed by atoms with Crippen molar-refractivity contribution < 1.29 is 23.9 Å². The number of ether oxygens (including phenoxy) is 2. The Bertz CT molecular complexity index is 748. The van der Waals surface area contributed by atoms with Gasteiger partial charge in [0.2, 0.25) is 5.91 Å². The highest BCUT2D eigenvalue weighted by Crippen LogP contribution is 2.46. The number of carbonyl (C=O) groups is 3. The molecular formula is C16H18IN3O5. The summed E-state index contributed by atoms with van der Waals surface area (Å²) in [5, 5.41) is 2.73. The van der Waals surface area contributed by atoms with Gasteiger partial charge in [-0.25, -0.2) is 14.6 Å². The number of pyridine rings is 1. The molecule has 3 heterocycles. The van der Waals surface area contributed by atoms with Gasteiger partial charge in [0.25, 0.3) is 0 Å². The van der Waals surface area contributed by atoms with Crippen molar-refractivity contribution in [1.29, 1.82) is 0 Å². The summed E-state index contributed by atoms with van der Waals surface area (Å²) in [5.74, 6) is -0.398. The largest absolute Gasteiger partial charge is 0.467 e. The second kappa shape index (κ2) is 6.11. The summed E-state index contributed by atoms with van der Waals surface area (Å²) in [6.07, 6.45) is 1.05. The van der Waals surface area contributed by atoms with E-state index in [4.69, 9.17) is 9.47 Å². The number of methoxy groups -OCH3 is 1. The molecule has 9 heteroatoms. The van der Waals surface area contributed by atoms with Gasteiger partial charge in [-0.15, -0.1) is 0 Å². The van der Waals surface area contributed by atoms with Gasteiger partial charge in [-0.2, -0.15) is 0 Å². The number of likely N-dealkylation sites (tertiary alicyclic amines) is 1. The van der Waals surface area contributed by atoms with Crippen LogP contribution in [0.4, 0.5) is 10.6 Å². The molecular weight excluding hydrogens is 441 g/mol. The lowest BCUT2D eigenvalue weighted by molar-refractivity contribution is -0.145. The number of aromatic nitrogens is 1. The minimum atomic E-state index is -1.03. The number of hydrogen-bond acceptors (Lipinski definition) is 6. The summed E-state index contributed by atoms with van der Waals surface area (Å²) in [4.78, 5) is 42.9. The lowest BCUT2D eigenvalue weighted by Crippen LogP contribution is -2.44. The number of anilines is 1. The van der Waals surface area contributed by atoms with E-state index in [0.717, 1.165) is 0 Å². The molecule has 0 aromatic carbocycles. The maximum Gasteiger partial charge on any atom is 0.411 e. The monoisotopic (exact) mass is 459 g/mol. The number of fused-ring (bicyclic) bond motifs is 2. The minimum Gasteiger partial charge on any atom is -0.467 e. The zero-order valence-electron chi connectivity index (χ0n) is 14.0. The van der Waals surface area contributed by atoms with E-state index < -0.39 is 27.1 Å². The molecule has 2 aliphatic heterocycles. The van der Waals surface area contributed by atoms with E-state index in [1.807, 2.05) is 22.6 Å². The highest BCUT2D eigenvalue weighted by molar-refractivity contribution is 14.1. The van der Waals surface area contributed by atoms with Crippen LogP contribution < -0.4 is 5.32 Å². The predicted molar refractivity (Wildman–Crippen MR) is 96.3 cm³/mol. The molecule has 0 bridgehead atoms. The van der Waals surface area contributed by atoms with E-state index >= 15 is 0 Å². The van der Waals surface area contributed by atoms with Crippen molar-refractivity contribution in [3.8, 4) is 0 Å². The van der Waals surface area contributed by atoms with Gasteiger partial charge in [0.1, 0.15) is 11.9 Å². The van der Waals surface area contributed by atoms with Crippen LogP contribution in [0.15, 0.2) is 18.3 Å². The first-order chi connectivity index (χ1) is 11.7. The third kappa shape index (κ3) is 3.05. The first kappa shape index (κ1) is 17.9. The van der Waals surface area contributed by atoms with Gasteiger partial charge in [-0.05, 0) is 48.9 Å². The summed E-state index contributed by atoms with van der Waals surface area (Å²) in [6, 6.07) is 2.61. The molecule has 134 valence electrons. The number of alkyl halides is 1. The van der Waals surface area contributed by atoms with E-state index in [0.29, 0.717) is 11.4 Å². The third-order valence-electron chi connectivity index (χ3n) is 4.39. The van der Waals surface area contributed by atoms with Crippen LogP contribution in [0.25, 0.3) is 0 Å². The second-order valence-electron chi connectivity index (χ2n) is 6.54. The van der Waals surface area contributed by atoms with Crippen LogP contribution in [-0.4, -0.2) is 51.2 Å². The third-order valence-corrected chi connectivity index (χ3v) is 4.61. The molecule has 25 heavy (non-hydrogen) atoms. The lowest BCUT2D eigenvalue weighted by Gasteiger charge is -2.26. The molecule has 0 radical (unpaired) electrons. The lowest BCUT2D eigenvalue weighted by atomic mass is 9.80. The fraction of sp³-hybridized carbons (Fsp3) is 0.500. The molecule has 1 spiro atoms. The Morgan fingerprint density at radius 2 is 2.20 bits per heavy atom. The molecule has 1 aromatic rings. The molecule has 8 nitrogen and oxygen atoms in total. The maximum atomic E-state index is 12.7. The number of carbonyl (C=O) groups excluding carboxylic acids is 3. The van der Waals surface area contributed by atoms with Crippen LogP contribution in [0, 0.1) is 0 Å². The number of nitrogens with zero attached hydrogens (tertiary/aromatic N) is 2. The first-order valence-electron chi connectivity index (χ1n) is 7.71. The van der Waals surface area contributed by atoms with Gasteiger partial charge >= 0.3 is 12.1 Å². The molecule has 3 rings (SSSR count). The minimum absolute atomic E-state index is 0.0306. The topological polar surface area (TPSA) is 97.8 Å². The summed E-state index contributed by atoms with van der Waals surface area (Å²) < 4.78 is 9.48. The van der Waals surface area contributed by atoms with E-state index in [9.17, 15) is 14.4 Å². The standard InChI is InChI=1S/C16H18IN3O5/c1-15(2,17)25-14(23)20-8-16(7-10(20)12(21)24-3)9-5-4-6-18-11(9)19-13(16)22/h4-6,10H,7-8H2,1-3H3,(H,18,19,22)/t10-,16-/m1/s1. The molecule has 2 atom stereocenters. The van der Waals surface area contributed by atoms with Gasteiger partial charge in [-0.1, -0.05) is 6.07 Å². The molecule has 0 saturated carbocycles. The quantitative estimate of drug-likeness (QED) is 0.412. The molecule has 2 aliphatic rings. The average molecular weight is 459 g/mol. The number of rotatable bonds is 2. The Kier molecular flexibility index (Phi) is 4.38. The summed E-state index contributed by atoms with van der Waals surface area (Å²) in [6.45, 7) is 3.49. The van der Waals surface area contributed by atoms with Crippen molar-refractivity contribution >= 4 is 46.4 Å². The van der Waals surface area contributed by atoms with Crippen molar-refractivity contribution in [2.45, 2.75) is 35.3 Å². The van der Waals surface area contributed by atoms with Gasteiger partial charge in [-0.3, -0.25) is 9.69 Å². The Labute approximate surface area is 158 Å². The van der Waals surface area contributed by atoms with E-state index in [-0.39, 0.29) is 18.9 Å². The molecule has 1 aromatic heterocycles. The SMILES string of the molecule is COC(=O)[C@H]1C[C@]2(CN1C(=O)OC(C)(C)I)C(=O)Nc1ncccc12. The Hall–Kier alpha value is -1.91. The highest BCUT2D eigenvalue weighted by Gasteiger charge is 2.58. The van der Waals surface area contributed by atoms with Crippen LogP contribution >= 0.6 is 22.6 Å². The number of amides is 2. The maximum absolute atomic E-state index is 12.7. The summed E-state index contributed by atoms with van der Waals surface area (Å²) in [5.41, 5.74) is -0.352. The van der Waals surface area contributed by atoms with Gasteiger partial charge in [0, 0.05) is 18.3 Å². The highest BCUT2D eigenvalue weighted by atomic mass is 127. The second-order valence-corrected chi connectivity index (χ2v) is 9.14. The molecule has 0 aliphatic carbocycles. The van der Waals surface area contributed by atoms with Crippen molar-refractivity contribution in [2.24, 2.45) is 0 Å². The van der Waals surface area contributed by atoms with Crippen LogP contribution in [0.2, 0.25) is 0 Å². The zero-order chi connectivity index (χ0) is 18.4. The van der Waals surface area contributed by atoms with Crippen LogP contribution in [-0.2, 0) is 24.5 Å². The van der Waals surface area contributed by atoms with Crippen molar-refractivity contribution in [3.05, 3.63) is 23.9 Å². The van der Waals surface area contributed by atoms with Gasteiger partial charge in [0.05, 0.1) is 12.5 Å².